The summed E-state index contributed by atoms with van der Waals surface area (Å²) in [7, 11) is 0. The van der Waals surface area contributed by atoms with Gasteiger partial charge in [-0.15, -0.1) is 11.3 Å². The molecule has 2 unspecified atom stereocenters. The molecule has 104 valence electrons. The Morgan fingerprint density at radius 3 is 3.00 bits per heavy atom. The molecule has 1 aromatic carbocycles. The zero-order valence-electron chi connectivity index (χ0n) is 11.0. The molecule has 0 aliphatic carbocycles. The molecule has 1 aliphatic heterocycles. The number of halogens is 1. The monoisotopic (exact) mass is 350 g/mol. The molecule has 1 aliphatic rings. The van der Waals surface area contributed by atoms with Crippen molar-refractivity contribution in [2.45, 2.75) is 25.4 Å². The van der Waals surface area contributed by atoms with Crippen LogP contribution in [0.3, 0.4) is 0 Å². The molecule has 2 N–H and O–H groups in total. The van der Waals surface area contributed by atoms with Crippen molar-refractivity contribution in [3.8, 4) is 0 Å². The van der Waals surface area contributed by atoms with Gasteiger partial charge in [-0.2, -0.15) is 0 Å². The summed E-state index contributed by atoms with van der Waals surface area (Å²) in [5.41, 5.74) is 1.90. The normalized spacial score (nSPS) is 18.7. The van der Waals surface area contributed by atoms with Crippen LogP contribution in [-0.4, -0.2) is 11.9 Å². The second-order valence-electron chi connectivity index (χ2n) is 4.97. The zero-order chi connectivity index (χ0) is 14.1. The second kappa shape index (κ2) is 5.68. The van der Waals surface area contributed by atoms with E-state index in [0.717, 1.165) is 22.1 Å². The molecule has 0 radical (unpaired) electrons. The first kappa shape index (κ1) is 13.8. The molecule has 3 rings (SSSR count). The lowest BCUT2D eigenvalue weighted by Gasteiger charge is -2.18. The maximum Gasteiger partial charge on any atom is 0.246 e. The van der Waals surface area contributed by atoms with Gasteiger partial charge in [-0.05, 0) is 36.9 Å². The summed E-state index contributed by atoms with van der Waals surface area (Å²) in [5.74, 6) is 0.0185. The lowest BCUT2D eigenvalue weighted by Crippen LogP contribution is -2.35. The minimum absolute atomic E-state index is 0.0185. The number of benzene rings is 1. The first-order valence-electron chi connectivity index (χ1n) is 6.53. The minimum Gasteiger partial charge on any atom is -0.324 e. The Bertz CT molecular complexity index is 627. The number of hydrogen-bond donors (Lipinski definition) is 2. The van der Waals surface area contributed by atoms with Crippen LogP contribution in [0.4, 0.5) is 5.69 Å². The molecule has 1 aromatic heterocycles. The van der Waals surface area contributed by atoms with Crippen LogP contribution in [0.1, 0.15) is 23.4 Å². The standard InChI is InChI=1S/C15H15BrN2OS/c1-9(8-10-4-3-7-20-10)17-14-13-11(16)5-2-6-12(13)18-15(14)19/h2-7,9,14,17H,8H2,1H3,(H,18,19). The maximum absolute atomic E-state index is 12.1. The highest BCUT2D eigenvalue weighted by atomic mass is 79.9. The van der Waals surface area contributed by atoms with Crippen molar-refractivity contribution < 1.29 is 4.79 Å². The van der Waals surface area contributed by atoms with Crippen molar-refractivity contribution in [2.75, 3.05) is 5.32 Å². The third-order valence-corrected chi connectivity index (χ3v) is 4.99. The predicted octanol–water partition coefficient (Wildman–Crippen LogP) is 3.72. The number of thiophene rings is 1. The fourth-order valence-electron chi connectivity index (χ4n) is 2.51. The summed E-state index contributed by atoms with van der Waals surface area (Å²) in [6, 6.07) is 9.97. The van der Waals surface area contributed by atoms with Gasteiger partial charge in [0.2, 0.25) is 5.91 Å². The van der Waals surface area contributed by atoms with Crippen molar-refractivity contribution in [3.05, 3.63) is 50.6 Å². The van der Waals surface area contributed by atoms with E-state index in [4.69, 9.17) is 0 Å². The van der Waals surface area contributed by atoms with E-state index in [2.05, 4.69) is 51.0 Å². The Labute approximate surface area is 130 Å². The third kappa shape index (κ3) is 2.66. The number of carbonyl (C=O) groups excluding carboxylic acids is 1. The molecule has 1 amide bonds. The smallest absolute Gasteiger partial charge is 0.246 e. The van der Waals surface area contributed by atoms with Gasteiger partial charge in [0.05, 0.1) is 0 Å². The van der Waals surface area contributed by atoms with Gasteiger partial charge in [0, 0.05) is 26.6 Å². The summed E-state index contributed by atoms with van der Waals surface area (Å²) in [6.45, 7) is 2.11. The summed E-state index contributed by atoms with van der Waals surface area (Å²) in [5, 5.41) is 8.43. The van der Waals surface area contributed by atoms with Gasteiger partial charge in [-0.1, -0.05) is 28.1 Å². The molecule has 0 fully saturated rings. The van der Waals surface area contributed by atoms with Gasteiger partial charge in [-0.3, -0.25) is 10.1 Å². The first-order valence-corrected chi connectivity index (χ1v) is 8.20. The van der Waals surface area contributed by atoms with Crippen LogP contribution in [0, 0.1) is 0 Å². The minimum atomic E-state index is -0.282. The van der Waals surface area contributed by atoms with Gasteiger partial charge in [0.1, 0.15) is 6.04 Å². The van der Waals surface area contributed by atoms with Crippen LogP contribution in [0.25, 0.3) is 0 Å². The highest BCUT2D eigenvalue weighted by molar-refractivity contribution is 9.10. The topological polar surface area (TPSA) is 41.1 Å². The zero-order valence-corrected chi connectivity index (χ0v) is 13.4. The van der Waals surface area contributed by atoms with E-state index in [1.165, 1.54) is 4.88 Å². The fraction of sp³-hybridized carbons (Fsp3) is 0.267. The van der Waals surface area contributed by atoms with E-state index in [1.54, 1.807) is 11.3 Å². The van der Waals surface area contributed by atoms with E-state index < -0.39 is 0 Å². The Hall–Kier alpha value is -1.17. The van der Waals surface area contributed by atoms with E-state index >= 15 is 0 Å². The molecule has 0 saturated carbocycles. The van der Waals surface area contributed by atoms with Crippen molar-refractivity contribution in [1.29, 1.82) is 0 Å². The molecule has 0 spiro atoms. The van der Waals surface area contributed by atoms with Crippen LogP contribution < -0.4 is 10.6 Å². The van der Waals surface area contributed by atoms with Crippen LogP contribution in [0.2, 0.25) is 0 Å². The molecular weight excluding hydrogens is 336 g/mol. The average Bonchev–Trinajstić information content (AvgIpc) is 2.99. The lowest BCUT2D eigenvalue weighted by molar-refractivity contribution is -0.117. The SMILES string of the molecule is CC(Cc1cccs1)NC1C(=O)Nc2cccc(Br)c21. The molecule has 5 heteroatoms. The van der Waals surface area contributed by atoms with E-state index in [-0.39, 0.29) is 18.0 Å². The van der Waals surface area contributed by atoms with Crippen molar-refractivity contribution >= 4 is 38.9 Å². The second-order valence-corrected chi connectivity index (χ2v) is 6.86. The number of nitrogens with one attached hydrogen (secondary N) is 2. The molecular formula is C15H15BrN2OS. The largest absolute Gasteiger partial charge is 0.324 e. The molecule has 2 atom stereocenters. The molecule has 2 heterocycles. The summed E-state index contributed by atoms with van der Waals surface area (Å²) >= 11 is 5.28. The van der Waals surface area contributed by atoms with E-state index in [9.17, 15) is 4.79 Å². The van der Waals surface area contributed by atoms with Crippen molar-refractivity contribution in [2.24, 2.45) is 0 Å². The van der Waals surface area contributed by atoms with Gasteiger partial charge >= 0.3 is 0 Å². The molecule has 3 nitrogen and oxygen atoms in total. The number of hydrogen-bond acceptors (Lipinski definition) is 3. The summed E-state index contributed by atoms with van der Waals surface area (Å²) in [6.07, 6.45) is 0.932. The average molecular weight is 351 g/mol. The maximum atomic E-state index is 12.1. The Morgan fingerprint density at radius 1 is 1.40 bits per heavy atom. The fourth-order valence-corrected chi connectivity index (χ4v) is 3.94. The summed E-state index contributed by atoms with van der Waals surface area (Å²) < 4.78 is 0.967. The Balaban J connectivity index is 1.76. The van der Waals surface area contributed by atoms with Gasteiger partial charge in [0.25, 0.3) is 0 Å². The van der Waals surface area contributed by atoms with Crippen molar-refractivity contribution in [1.82, 2.24) is 5.32 Å². The molecule has 2 aromatic rings. The van der Waals surface area contributed by atoms with E-state index in [1.807, 2.05) is 18.2 Å². The quantitative estimate of drug-likeness (QED) is 0.881. The number of fused-ring (bicyclic) bond motifs is 1. The highest BCUT2D eigenvalue weighted by Crippen LogP contribution is 2.36. The molecule has 20 heavy (non-hydrogen) atoms. The van der Waals surface area contributed by atoms with E-state index in [0.29, 0.717) is 0 Å². The van der Waals surface area contributed by atoms with Crippen LogP contribution in [0.5, 0.6) is 0 Å². The Kier molecular flexibility index (Phi) is 3.92. The van der Waals surface area contributed by atoms with Gasteiger partial charge in [-0.25, -0.2) is 0 Å². The Morgan fingerprint density at radius 2 is 2.25 bits per heavy atom. The summed E-state index contributed by atoms with van der Waals surface area (Å²) in [4.78, 5) is 13.5. The highest BCUT2D eigenvalue weighted by Gasteiger charge is 2.32. The molecule has 0 saturated heterocycles. The van der Waals surface area contributed by atoms with Gasteiger partial charge < -0.3 is 5.32 Å². The number of anilines is 1. The number of carbonyl (C=O) groups is 1. The molecule has 0 bridgehead atoms. The lowest BCUT2D eigenvalue weighted by atomic mass is 10.1. The third-order valence-electron chi connectivity index (χ3n) is 3.40. The van der Waals surface area contributed by atoms with Crippen LogP contribution >= 0.6 is 27.3 Å². The van der Waals surface area contributed by atoms with Crippen LogP contribution in [0.15, 0.2) is 40.2 Å². The van der Waals surface area contributed by atoms with Gasteiger partial charge in [0.15, 0.2) is 0 Å². The number of amides is 1. The van der Waals surface area contributed by atoms with Crippen molar-refractivity contribution in [3.63, 3.8) is 0 Å². The number of rotatable bonds is 4. The van der Waals surface area contributed by atoms with Crippen LogP contribution in [-0.2, 0) is 11.2 Å². The predicted molar refractivity (Wildman–Crippen MR) is 86.1 cm³/mol. The first-order chi connectivity index (χ1) is 9.65.